The Morgan fingerprint density at radius 1 is 1.09 bits per heavy atom. The Morgan fingerprint density at radius 3 is 2.73 bits per heavy atom. The lowest BCUT2D eigenvalue weighted by Gasteiger charge is -2.26. The Balaban J connectivity index is 1.66. The van der Waals surface area contributed by atoms with E-state index in [9.17, 15) is 0 Å². The van der Waals surface area contributed by atoms with Crippen molar-refractivity contribution in [3.8, 4) is 0 Å². The average molecular weight is 295 g/mol. The van der Waals surface area contributed by atoms with E-state index < -0.39 is 0 Å². The summed E-state index contributed by atoms with van der Waals surface area (Å²) in [6.07, 6.45) is 12.9. The third-order valence-electron chi connectivity index (χ3n) is 5.41. The number of rotatable bonds is 2. The van der Waals surface area contributed by atoms with Gasteiger partial charge in [-0.3, -0.25) is 4.40 Å². The van der Waals surface area contributed by atoms with E-state index in [0.717, 1.165) is 24.4 Å². The quantitative estimate of drug-likeness (QED) is 0.764. The first-order valence-electron chi connectivity index (χ1n) is 8.46. The molecule has 1 aliphatic carbocycles. The number of nitrogens with zero attached hydrogens (tertiary/aromatic N) is 3. The zero-order valence-electron chi connectivity index (χ0n) is 12.7. The third-order valence-corrected chi connectivity index (χ3v) is 5.41. The van der Waals surface area contributed by atoms with E-state index in [0.29, 0.717) is 11.8 Å². The summed E-state index contributed by atoms with van der Waals surface area (Å²) < 4.78 is 2.26. The zero-order valence-corrected chi connectivity index (χ0v) is 12.7. The molecular weight excluding hydrogens is 274 g/mol. The second-order valence-corrected chi connectivity index (χ2v) is 6.78. The predicted molar refractivity (Wildman–Crippen MR) is 86.3 cm³/mol. The minimum atomic E-state index is 0.599. The minimum Gasteiger partial charge on any atom is -0.345 e. The standard InChI is InChI=1S/C17H21N5/c1-2-4-11(5-3-1)14-10-22-15(21-14)9-20-17-16(22)13(8-19-17)12-6-18-7-12/h8-12,18-19H,1-7H2. The van der Waals surface area contributed by atoms with Crippen molar-refractivity contribution in [3.05, 3.63) is 29.8 Å². The van der Waals surface area contributed by atoms with Gasteiger partial charge < -0.3 is 10.3 Å². The van der Waals surface area contributed by atoms with Crippen LogP contribution in [-0.2, 0) is 0 Å². The molecule has 0 radical (unpaired) electrons. The molecule has 0 unspecified atom stereocenters. The number of H-pyrrole nitrogens is 1. The molecule has 2 fully saturated rings. The fraction of sp³-hybridized carbons (Fsp3) is 0.529. The minimum absolute atomic E-state index is 0.599. The van der Waals surface area contributed by atoms with Crippen molar-refractivity contribution in [2.24, 2.45) is 0 Å². The Morgan fingerprint density at radius 2 is 1.95 bits per heavy atom. The molecule has 4 heterocycles. The van der Waals surface area contributed by atoms with Crippen LogP contribution in [0.3, 0.4) is 0 Å². The van der Waals surface area contributed by atoms with Crippen molar-refractivity contribution in [3.63, 3.8) is 0 Å². The first kappa shape index (κ1) is 12.6. The van der Waals surface area contributed by atoms with E-state index in [2.05, 4.69) is 32.1 Å². The summed E-state index contributed by atoms with van der Waals surface area (Å²) in [4.78, 5) is 12.8. The predicted octanol–water partition coefficient (Wildman–Crippen LogP) is 2.95. The molecule has 1 saturated heterocycles. The van der Waals surface area contributed by atoms with Gasteiger partial charge in [-0.15, -0.1) is 0 Å². The molecule has 2 N–H and O–H groups in total. The number of nitrogens with one attached hydrogen (secondary N) is 2. The highest BCUT2D eigenvalue weighted by Gasteiger charge is 2.25. The molecule has 0 spiro atoms. The van der Waals surface area contributed by atoms with Crippen molar-refractivity contribution in [1.29, 1.82) is 0 Å². The Hall–Kier alpha value is -1.88. The Kier molecular flexibility index (Phi) is 2.77. The smallest absolute Gasteiger partial charge is 0.156 e. The number of fused-ring (bicyclic) bond motifs is 3. The van der Waals surface area contributed by atoms with Crippen molar-refractivity contribution >= 4 is 16.8 Å². The highest BCUT2D eigenvalue weighted by atomic mass is 15.1. The van der Waals surface area contributed by atoms with Crippen LogP contribution in [-0.4, -0.2) is 32.4 Å². The van der Waals surface area contributed by atoms with Gasteiger partial charge in [-0.05, 0) is 12.8 Å². The third kappa shape index (κ3) is 1.81. The molecule has 3 aromatic heterocycles. The van der Waals surface area contributed by atoms with Gasteiger partial charge in [0.2, 0.25) is 0 Å². The van der Waals surface area contributed by atoms with E-state index in [1.54, 1.807) is 0 Å². The maximum Gasteiger partial charge on any atom is 0.156 e. The van der Waals surface area contributed by atoms with Crippen LogP contribution in [0.15, 0.2) is 18.6 Å². The number of hydrogen-bond acceptors (Lipinski definition) is 3. The molecule has 1 saturated carbocycles. The number of aromatic amines is 1. The molecule has 0 amide bonds. The summed E-state index contributed by atoms with van der Waals surface area (Å²) in [5.41, 5.74) is 5.81. The average Bonchev–Trinajstić information content (AvgIpc) is 3.10. The molecular formula is C17H21N5. The van der Waals surface area contributed by atoms with Gasteiger partial charge in [0.1, 0.15) is 0 Å². The molecule has 0 bridgehead atoms. The molecule has 5 nitrogen and oxygen atoms in total. The van der Waals surface area contributed by atoms with Gasteiger partial charge in [0.25, 0.3) is 0 Å². The fourth-order valence-corrected chi connectivity index (χ4v) is 3.99. The van der Waals surface area contributed by atoms with Gasteiger partial charge in [-0.2, -0.15) is 0 Å². The number of hydrogen-bond donors (Lipinski definition) is 2. The van der Waals surface area contributed by atoms with Crippen LogP contribution in [0.1, 0.15) is 55.2 Å². The summed E-state index contributed by atoms with van der Waals surface area (Å²) >= 11 is 0. The molecule has 5 rings (SSSR count). The van der Waals surface area contributed by atoms with Crippen molar-refractivity contribution < 1.29 is 0 Å². The number of imidazole rings is 1. The summed E-state index contributed by atoms with van der Waals surface area (Å²) in [6.45, 7) is 2.13. The summed E-state index contributed by atoms with van der Waals surface area (Å²) in [5.74, 6) is 1.23. The second-order valence-electron chi connectivity index (χ2n) is 6.78. The highest BCUT2D eigenvalue weighted by Crippen LogP contribution is 2.33. The van der Waals surface area contributed by atoms with Crippen LogP contribution in [0.5, 0.6) is 0 Å². The molecule has 114 valence electrons. The molecule has 0 atom stereocenters. The van der Waals surface area contributed by atoms with Gasteiger partial charge in [0.05, 0.1) is 17.4 Å². The van der Waals surface area contributed by atoms with Crippen molar-refractivity contribution in [2.75, 3.05) is 13.1 Å². The Bertz CT molecular complexity index is 820. The van der Waals surface area contributed by atoms with E-state index in [1.165, 1.54) is 48.9 Å². The molecule has 0 aromatic carbocycles. The van der Waals surface area contributed by atoms with Crippen LogP contribution in [0, 0.1) is 0 Å². The maximum absolute atomic E-state index is 4.88. The van der Waals surface area contributed by atoms with Crippen LogP contribution in [0.4, 0.5) is 0 Å². The van der Waals surface area contributed by atoms with E-state index in [1.807, 2.05) is 6.20 Å². The van der Waals surface area contributed by atoms with Crippen LogP contribution in [0.25, 0.3) is 16.8 Å². The molecule has 3 aromatic rings. The lowest BCUT2D eigenvalue weighted by molar-refractivity contribution is 0.438. The topological polar surface area (TPSA) is 58.0 Å². The molecule has 5 heteroatoms. The lowest BCUT2D eigenvalue weighted by Crippen LogP contribution is -2.39. The van der Waals surface area contributed by atoms with Crippen LogP contribution < -0.4 is 5.32 Å². The SMILES string of the molecule is c1[nH]c2ncc3nc(C4CCCCC4)cn3c2c1C1CNC1. The summed E-state index contributed by atoms with van der Waals surface area (Å²) in [6, 6.07) is 0. The van der Waals surface area contributed by atoms with Gasteiger partial charge in [0.15, 0.2) is 11.3 Å². The van der Waals surface area contributed by atoms with Crippen molar-refractivity contribution in [2.45, 2.75) is 43.9 Å². The largest absolute Gasteiger partial charge is 0.345 e. The highest BCUT2D eigenvalue weighted by molar-refractivity contribution is 5.79. The van der Waals surface area contributed by atoms with E-state index in [4.69, 9.17) is 4.98 Å². The normalized spacial score (nSPS) is 20.7. The van der Waals surface area contributed by atoms with Gasteiger partial charge in [-0.1, -0.05) is 19.3 Å². The lowest BCUT2D eigenvalue weighted by atomic mass is 9.87. The molecule has 1 aliphatic heterocycles. The van der Waals surface area contributed by atoms with Gasteiger partial charge in [0, 0.05) is 42.9 Å². The number of aromatic nitrogens is 4. The first-order chi connectivity index (χ1) is 10.9. The Labute approximate surface area is 129 Å². The zero-order chi connectivity index (χ0) is 14.5. The second kappa shape index (κ2) is 4.81. The maximum atomic E-state index is 4.88. The van der Waals surface area contributed by atoms with Crippen LogP contribution >= 0.6 is 0 Å². The fourth-order valence-electron chi connectivity index (χ4n) is 3.99. The van der Waals surface area contributed by atoms with Gasteiger partial charge >= 0.3 is 0 Å². The van der Waals surface area contributed by atoms with Crippen LogP contribution in [0.2, 0.25) is 0 Å². The first-order valence-corrected chi connectivity index (χ1v) is 8.46. The van der Waals surface area contributed by atoms with E-state index in [-0.39, 0.29) is 0 Å². The van der Waals surface area contributed by atoms with Crippen molar-refractivity contribution in [1.82, 2.24) is 24.7 Å². The van der Waals surface area contributed by atoms with Gasteiger partial charge in [-0.25, -0.2) is 9.97 Å². The molecule has 22 heavy (non-hydrogen) atoms. The van der Waals surface area contributed by atoms with E-state index >= 15 is 0 Å². The summed E-state index contributed by atoms with van der Waals surface area (Å²) in [7, 11) is 0. The molecule has 2 aliphatic rings. The summed E-state index contributed by atoms with van der Waals surface area (Å²) in [5, 5.41) is 3.36. The monoisotopic (exact) mass is 295 g/mol.